The molecule has 1 aliphatic rings. The number of hydrogen-bond donors (Lipinski definition) is 1. The highest BCUT2D eigenvalue weighted by molar-refractivity contribution is 7.91. The second-order valence-corrected chi connectivity index (χ2v) is 9.16. The predicted molar refractivity (Wildman–Crippen MR) is 103 cm³/mol. The molecule has 0 radical (unpaired) electrons. The molecule has 1 N–H and O–H groups in total. The third kappa shape index (κ3) is 4.61. The minimum Gasteiger partial charge on any atom is -0.408 e. The fourth-order valence-electron chi connectivity index (χ4n) is 3.21. The van der Waals surface area contributed by atoms with Crippen molar-refractivity contribution in [2.24, 2.45) is 0 Å². The van der Waals surface area contributed by atoms with Crippen LogP contribution in [0.3, 0.4) is 0 Å². The number of oxazole rings is 1. The van der Waals surface area contributed by atoms with E-state index >= 15 is 0 Å². The Morgan fingerprint density at radius 1 is 1.21 bits per heavy atom. The van der Waals surface area contributed by atoms with Crippen LogP contribution >= 0.6 is 0 Å². The average Bonchev–Trinajstić information content (AvgIpc) is 2.96. The maximum absolute atomic E-state index is 12.4. The van der Waals surface area contributed by atoms with Crippen molar-refractivity contribution < 1.29 is 22.4 Å². The molecule has 152 valence electrons. The molecule has 3 rings (SSSR count). The summed E-state index contributed by atoms with van der Waals surface area (Å²) in [5.41, 5.74) is 1.18. The minimum absolute atomic E-state index is 0.0488. The number of nitrogens with zero attached hydrogens (tertiary/aromatic N) is 2. The van der Waals surface area contributed by atoms with Crippen LogP contribution in [0.25, 0.3) is 11.1 Å². The van der Waals surface area contributed by atoms with Crippen LogP contribution in [0.2, 0.25) is 0 Å². The molecule has 10 heteroatoms. The highest BCUT2D eigenvalue weighted by atomic mass is 32.2. The Balaban J connectivity index is 1.48. The number of para-hydroxylation sites is 2. The molecule has 1 unspecified atom stereocenters. The highest BCUT2D eigenvalue weighted by Crippen LogP contribution is 2.12. The number of aryl methyl sites for hydroxylation is 1. The molecule has 0 bridgehead atoms. The largest absolute Gasteiger partial charge is 0.419 e. The first kappa shape index (κ1) is 20.1. The summed E-state index contributed by atoms with van der Waals surface area (Å²) in [4.78, 5) is 37.9. The zero-order chi connectivity index (χ0) is 20.3. The van der Waals surface area contributed by atoms with Crippen LogP contribution in [-0.2, 0) is 26.0 Å². The van der Waals surface area contributed by atoms with Gasteiger partial charge in [0.2, 0.25) is 11.8 Å². The molecule has 1 aromatic carbocycles. The Kier molecular flexibility index (Phi) is 5.87. The van der Waals surface area contributed by atoms with E-state index in [1.54, 1.807) is 31.2 Å². The number of rotatable bonds is 6. The van der Waals surface area contributed by atoms with Crippen molar-refractivity contribution in [3.63, 3.8) is 0 Å². The Labute approximate surface area is 162 Å². The van der Waals surface area contributed by atoms with Crippen molar-refractivity contribution in [1.29, 1.82) is 0 Å². The summed E-state index contributed by atoms with van der Waals surface area (Å²) in [5, 5.41) is 2.64. The lowest BCUT2D eigenvalue weighted by molar-refractivity contribution is -0.135. The smallest absolute Gasteiger partial charge is 0.408 e. The summed E-state index contributed by atoms with van der Waals surface area (Å²) < 4.78 is 29.5. The van der Waals surface area contributed by atoms with Gasteiger partial charge in [0.25, 0.3) is 0 Å². The fraction of sp³-hybridized carbons (Fsp3) is 0.500. The number of benzene rings is 1. The maximum Gasteiger partial charge on any atom is 0.419 e. The summed E-state index contributed by atoms with van der Waals surface area (Å²) in [6, 6.07) is 6.34. The molecule has 0 saturated carbocycles. The van der Waals surface area contributed by atoms with Crippen LogP contribution in [0, 0.1) is 0 Å². The van der Waals surface area contributed by atoms with Crippen LogP contribution in [0.15, 0.2) is 33.5 Å². The molecule has 1 fully saturated rings. The van der Waals surface area contributed by atoms with Crippen LogP contribution < -0.4 is 11.1 Å². The number of amides is 2. The van der Waals surface area contributed by atoms with Crippen LogP contribution in [0.1, 0.15) is 19.8 Å². The highest BCUT2D eigenvalue weighted by Gasteiger charge is 2.28. The number of fused-ring (bicyclic) bond motifs is 1. The second-order valence-electron chi connectivity index (χ2n) is 6.86. The molecule has 1 saturated heterocycles. The molecule has 9 nitrogen and oxygen atoms in total. The molecule has 1 atom stereocenters. The van der Waals surface area contributed by atoms with Gasteiger partial charge in [-0.15, -0.1) is 0 Å². The number of nitrogens with one attached hydrogen (secondary N) is 1. The Morgan fingerprint density at radius 3 is 2.61 bits per heavy atom. The molecule has 2 heterocycles. The van der Waals surface area contributed by atoms with E-state index in [4.69, 9.17) is 4.42 Å². The van der Waals surface area contributed by atoms with E-state index in [2.05, 4.69) is 5.32 Å². The van der Waals surface area contributed by atoms with Gasteiger partial charge in [0.1, 0.15) is 6.04 Å². The van der Waals surface area contributed by atoms with Gasteiger partial charge in [-0.05, 0) is 25.5 Å². The minimum atomic E-state index is -3.07. The van der Waals surface area contributed by atoms with Gasteiger partial charge >= 0.3 is 5.76 Å². The summed E-state index contributed by atoms with van der Waals surface area (Å²) in [7, 11) is -3.07. The topological polar surface area (TPSA) is 119 Å². The van der Waals surface area contributed by atoms with Gasteiger partial charge in [-0.3, -0.25) is 14.2 Å². The lowest BCUT2D eigenvalue weighted by atomic mass is 10.2. The summed E-state index contributed by atoms with van der Waals surface area (Å²) >= 11 is 0. The van der Waals surface area contributed by atoms with E-state index in [1.165, 1.54) is 9.47 Å². The van der Waals surface area contributed by atoms with Crippen molar-refractivity contribution >= 4 is 32.8 Å². The average molecular weight is 409 g/mol. The zero-order valence-electron chi connectivity index (χ0n) is 15.6. The van der Waals surface area contributed by atoms with E-state index in [0.717, 1.165) is 0 Å². The Morgan fingerprint density at radius 2 is 1.89 bits per heavy atom. The lowest BCUT2D eigenvalue weighted by Gasteiger charge is -2.29. The SMILES string of the molecule is CC(NC(=O)CCCn1c(=O)oc2ccccc21)C(=O)N1CCS(=O)(=O)CC1. The van der Waals surface area contributed by atoms with Crippen molar-refractivity contribution in [3.05, 3.63) is 34.8 Å². The van der Waals surface area contributed by atoms with Crippen molar-refractivity contribution in [2.75, 3.05) is 24.6 Å². The number of sulfone groups is 1. The molecule has 28 heavy (non-hydrogen) atoms. The zero-order valence-corrected chi connectivity index (χ0v) is 16.4. The Bertz CT molecular complexity index is 1030. The molecule has 1 aliphatic heterocycles. The van der Waals surface area contributed by atoms with Gasteiger partial charge in [-0.2, -0.15) is 0 Å². The molecule has 2 aromatic rings. The molecule has 0 aliphatic carbocycles. The van der Waals surface area contributed by atoms with E-state index in [1.807, 2.05) is 0 Å². The quantitative estimate of drug-likeness (QED) is 0.725. The van der Waals surface area contributed by atoms with Gasteiger partial charge in [0, 0.05) is 26.1 Å². The number of aromatic nitrogens is 1. The van der Waals surface area contributed by atoms with Crippen LogP contribution in [0.4, 0.5) is 0 Å². The second kappa shape index (κ2) is 8.17. The first-order chi connectivity index (χ1) is 13.3. The number of hydrogen-bond acceptors (Lipinski definition) is 6. The van der Waals surface area contributed by atoms with Gasteiger partial charge in [0.15, 0.2) is 15.4 Å². The normalized spacial score (nSPS) is 17.4. The summed E-state index contributed by atoms with van der Waals surface area (Å²) in [6.07, 6.45) is 0.566. The predicted octanol–water partition coefficient (Wildman–Crippen LogP) is 0.136. The van der Waals surface area contributed by atoms with E-state index in [9.17, 15) is 22.8 Å². The van der Waals surface area contributed by atoms with E-state index < -0.39 is 21.6 Å². The summed E-state index contributed by atoms with van der Waals surface area (Å²) in [5.74, 6) is -1.16. The van der Waals surface area contributed by atoms with Gasteiger partial charge in [-0.1, -0.05) is 12.1 Å². The summed E-state index contributed by atoms with van der Waals surface area (Å²) in [6.45, 7) is 2.21. The first-order valence-electron chi connectivity index (χ1n) is 9.14. The monoisotopic (exact) mass is 409 g/mol. The third-order valence-electron chi connectivity index (χ3n) is 4.76. The van der Waals surface area contributed by atoms with Crippen molar-refractivity contribution in [1.82, 2.24) is 14.8 Å². The van der Waals surface area contributed by atoms with Crippen LogP contribution in [0.5, 0.6) is 0 Å². The molecule has 0 spiro atoms. The van der Waals surface area contributed by atoms with Gasteiger partial charge < -0.3 is 14.6 Å². The van der Waals surface area contributed by atoms with Crippen molar-refractivity contribution in [2.45, 2.75) is 32.4 Å². The maximum atomic E-state index is 12.4. The number of carbonyl (C=O) groups is 2. The third-order valence-corrected chi connectivity index (χ3v) is 6.37. The fourth-order valence-corrected chi connectivity index (χ4v) is 4.41. The van der Waals surface area contributed by atoms with Crippen molar-refractivity contribution in [3.8, 4) is 0 Å². The standard InChI is InChI=1S/C18H23N3O6S/c1-13(17(23)20-9-11-28(25,26)12-10-20)19-16(22)7-4-8-21-14-5-2-3-6-15(14)27-18(21)24/h2-3,5-6,13H,4,7-12H2,1H3,(H,19,22). The Hall–Kier alpha value is -2.62. The van der Waals surface area contributed by atoms with Gasteiger partial charge in [0.05, 0.1) is 17.0 Å². The number of carbonyl (C=O) groups excluding carboxylic acids is 2. The van der Waals surface area contributed by atoms with Crippen LogP contribution in [-0.4, -0.2) is 60.3 Å². The van der Waals surface area contributed by atoms with Gasteiger partial charge in [-0.25, -0.2) is 13.2 Å². The van der Waals surface area contributed by atoms with E-state index in [0.29, 0.717) is 24.1 Å². The molecular formula is C18H23N3O6S. The van der Waals surface area contributed by atoms with E-state index in [-0.39, 0.29) is 42.8 Å². The molecule has 1 aromatic heterocycles. The lowest BCUT2D eigenvalue weighted by Crippen LogP contribution is -2.51. The molecular weight excluding hydrogens is 386 g/mol. The molecule has 2 amide bonds. The first-order valence-corrected chi connectivity index (χ1v) is 11.0.